The number of fused-ring (bicyclic) bond motifs is 1. The molecule has 0 aliphatic heterocycles. The lowest BCUT2D eigenvalue weighted by molar-refractivity contribution is -0.115. The van der Waals surface area contributed by atoms with Gasteiger partial charge in [-0.3, -0.25) is 9.20 Å². The maximum Gasteiger partial charge on any atom is 0.230 e. The molecule has 0 unspecified atom stereocenters. The number of carbonyl (C=O) groups is 1. The highest BCUT2D eigenvalue weighted by atomic mass is 32.1. The summed E-state index contributed by atoms with van der Waals surface area (Å²) < 4.78 is 28.5. The van der Waals surface area contributed by atoms with E-state index in [1.165, 1.54) is 35.6 Å². The Balaban J connectivity index is 1.56. The predicted molar refractivity (Wildman–Crippen MR) is 97.2 cm³/mol. The molecule has 4 nitrogen and oxygen atoms in total. The first-order valence-electron chi connectivity index (χ1n) is 7.86. The van der Waals surface area contributed by atoms with E-state index in [-0.39, 0.29) is 23.8 Å². The van der Waals surface area contributed by atoms with Crippen LogP contribution in [-0.4, -0.2) is 15.3 Å². The molecule has 2 heterocycles. The first kappa shape index (κ1) is 16.4. The summed E-state index contributed by atoms with van der Waals surface area (Å²) in [6, 6.07) is 12.1. The fourth-order valence-corrected chi connectivity index (χ4v) is 3.51. The van der Waals surface area contributed by atoms with Crippen molar-refractivity contribution in [1.29, 1.82) is 0 Å². The lowest BCUT2D eigenvalue weighted by Gasteiger charge is -2.05. The quantitative estimate of drug-likeness (QED) is 0.575. The molecule has 0 bridgehead atoms. The Bertz CT molecular complexity index is 1090. The van der Waals surface area contributed by atoms with E-state index in [0.717, 1.165) is 16.2 Å². The second-order valence-corrected chi connectivity index (χ2v) is 6.55. The molecule has 1 amide bonds. The Morgan fingerprint density at radius 2 is 1.88 bits per heavy atom. The van der Waals surface area contributed by atoms with Crippen LogP contribution in [-0.2, 0) is 11.2 Å². The third-order valence-corrected chi connectivity index (χ3v) is 4.80. The van der Waals surface area contributed by atoms with Gasteiger partial charge in [-0.2, -0.15) is 0 Å². The van der Waals surface area contributed by atoms with Gasteiger partial charge in [-0.25, -0.2) is 13.8 Å². The van der Waals surface area contributed by atoms with Crippen molar-refractivity contribution in [2.75, 3.05) is 5.32 Å². The molecular weight excluding hydrogens is 356 g/mol. The summed E-state index contributed by atoms with van der Waals surface area (Å²) in [5, 5.41) is 4.42. The van der Waals surface area contributed by atoms with Gasteiger partial charge < -0.3 is 5.32 Å². The normalized spacial score (nSPS) is 11.0. The predicted octanol–water partition coefficient (Wildman–Crippen LogP) is 4.52. The van der Waals surface area contributed by atoms with Crippen LogP contribution < -0.4 is 5.32 Å². The van der Waals surface area contributed by atoms with Crippen LogP contribution in [0.15, 0.2) is 60.1 Å². The number of thiazole rings is 1. The second-order valence-electron chi connectivity index (χ2n) is 5.72. The summed E-state index contributed by atoms with van der Waals surface area (Å²) in [7, 11) is 0. The van der Waals surface area contributed by atoms with Gasteiger partial charge in [-0.1, -0.05) is 12.1 Å². The SMILES string of the molecule is O=C(Cc1csc2nc(-c3ccc(F)cc3)cn12)Nc1ccccc1F. The number of rotatable bonds is 4. The van der Waals surface area contributed by atoms with Crippen molar-refractivity contribution in [2.24, 2.45) is 0 Å². The minimum Gasteiger partial charge on any atom is -0.323 e. The van der Waals surface area contributed by atoms with Crippen LogP contribution in [0.1, 0.15) is 5.69 Å². The average molecular weight is 369 g/mol. The van der Waals surface area contributed by atoms with Crippen molar-refractivity contribution in [2.45, 2.75) is 6.42 Å². The Labute approximate surface area is 151 Å². The summed E-state index contributed by atoms with van der Waals surface area (Å²) >= 11 is 1.41. The molecule has 0 spiro atoms. The number of aromatic nitrogens is 2. The van der Waals surface area contributed by atoms with Gasteiger partial charge in [0.15, 0.2) is 4.96 Å². The van der Waals surface area contributed by atoms with Crippen molar-refractivity contribution in [3.05, 3.63) is 77.4 Å². The van der Waals surface area contributed by atoms with E-state index in [1.54, 1.807) is 24.3 Å². The number of imidazole rings is 1. The molecule has 2 aromatic carbocycles. The number of nitrogens with zero attached hydrogens (tertiary/aromatic N) is 2. The first-order chi connectivity index (χ1) is 12.6. The summed E-state index contributed by atoms with van der Waals surface area (Å²) in [5.74, 6) is -1.09. The largest absolute Gasteiger partial charge is 0.323 e. The number of hydrogen-bond donors (Lipinski definition) is 1. The van der Waals surface area contributed by atoms with Gasteiger partial charge >= 0.3 is 0 Å². The molecule has 0 aliphatic rings. The van der Waals surface area contributed by atoms with Crippen LogP contribution in [0.5, 0.6) is 0 Å². The van der Waals surface area contributed by atoms with E-state index >= 15 is 0 Å². The summed E-state index contributed by atoms with van der Waals surface area (Å²) in [5.41, 5.74) is 2.40. The zero-order valence-electron chi connectivity index (χ0n) is 13.4. The smallest absolute Gasteiger partial charge is 0.230 e. The number of halogens is 2. The van der Waals surface area contributed by atoms with Crippen LogP contribution in [0.2, 0.25) is 0 Å². The van der Waals surface area contributed by atoms with Gasteiger partial charge in [0.25, 0.3) is 0 Å². The Morgan fingerprint density at radius 1 is 1.12 bits per heavy atom. The highest BCUT2D eigenvalue weighted by molar-refractivity contribution is 7.15. The Kier molecular flexibility index (Phi) is 4.22. The lowest BCUT2D eigenvalue weighted by Crippen LogP contribution is -2.16. The molecular formula is C19H13F2N3OS. The maximum absolute atomic E-state index is 13.6. The van der Waals surface area contributed by atoms with Gasteiger partial charge in [0, 0.05) is 22.8 Å². The lowest BCUT2D eigenvalue weighted by atomic mass is 10.2. The van der Waals surface area contributed by atoms with Crippen LogP contribution >= 0.6 is 11.3 Å². The van der Waals surface area contributed by atoms with E-state index in [2.05, 4.69) is 10.3 Å². The minimum atomic E-state index is -0.474. The molecule has 0 aliphatic carbocycles. The molecule has 2 aromatic heterocycles. The molecule has 4 rings (SSSR count). The standard InChI is InChI=1S/C19H13F2N3OS/c20-13-7-5-12(6-8-13)17-10-24-14(11-26-19(24)23-17)9-18(25)22-16-4-2-1-3-15(16)21/h1-8,10-11H,9H2,(H,22,25). The van der Waals surface area contributed by atoms with E-state index < -0.39 is 5.82 Å². The summed E-state index contributed by atoms with van der Waals surface area (Å²) in [6.45, 7) is 0. The molecule has 0 saturated heterocycles. The van der Waals surface area contributed by atoms with E-state index in [0.29, 0.717) is 5.69 Å². The Hall–Kier alpha value is -3.06. The highest BCUT2D eigenvalue weighted by Gasteiger charge is 2.13. The number of anilines is 1. The van der Waals surface area contributed by atoms with Gasteiger partial charge in [0.2, 0.25) is 5.91 Å². The number of hydrogen-bond acceptors (Lipinski definition) is 3. The molecule has 4 aromatic rings. The van der Waals surface area contributed by atoms with Crippen molar-refractivity contribution in [1.82, 2.24) is 9.38 Å². The van der Waals surface area contributed by atoms with Crippen LogP contribution in [0.25, 0.3) is 16.2 Å². The number of nitrogens with one attached hydrogen (secondary N) is 1. The molecule has 0 atom stereocenters. The topological polar surface area (TPSA) is 46.4 Å². The molecule has 0 fully saturated rings. The maximum atomic E-state index is 13.6. The summed E-state index contributed by atoms with van der Waals surface area (Å²) in [4.78, 5) is 17.5. The average Bonchev–Trinajstić information content (AvgIpc) is 3.20. The van der Waals surface area contributed by atoms with Crippen LogP contribution in [0.3, 0.4) is 0 Å². The van der Waals surface area contributed by atoms with Crippen molar-refractivity contribution < 1.29 is 13.6 Å². The fourth-order valence-electron chi connectivity index (χ4n) is 2.64. The zero-order chi connectivity index (χ0) is 18.1. The van der Waals surface area contributed by atoms with Crippen molar-refractivity contribution in [3.8, 4) is 11.3 Å². The van der Waals surface area contributed by atoms with E-state index in [1.807, 2.05) is 16.0 Å². The monoisotopic (exact) mass is 369 g/mol. The third-order valence-electron chi connectivity index (χ3n) is 3.91. The van der Waals surface area contributed by atoms with Crippen LogP contribution in [0, 0.1) is 11.6 Å². The number of carbonyl (C=O) groups excluding carboxylic acids is 1. The molecule has 26 heavy (non-hydrogen) atoms. The van der Waals surface area contributed by atoms with Gasteiger partial charge in [-0.05, 0) is 36.4 Å². The molecule has 7 heteroatoms. The van der Waals surface area contributed by atoms with Crippen molar-refractivity contribution >= 4 is 27.9 Å². The molecule has 1 N–H and O–H groups in total. The van der Waals surface area contributed by atoms with Crippen LogP contribution in [0.4, 0.5) is 14.5 Å². The van der Waals surface area contributed by atoms with Gasteiger partial charge in [0.1, 0.15) is 11.6 Å². The van der Waals surface area contributed by atoms with E-state index in [9.17, 15) is 13.6 Å². The Morgan fingerprint density at radius 3 is 2.65 bits per heavy atom. The second kappa shape index (κ2) is 6.68. The van der Waals surface area contributed by atoms with Gasteiger partial charge in [0.05, 0.1) is 17.8 Å². The number of amides is 1. The number of para-hydroxylation sites is 1. The zero-order valence-corrected chi connectivity index (χ0v) is 14.3. The molecule has 130 valence electrons. The summed E-state index contributed by atoms with van der Waals surface area (Å²) in [6.07, 6.45) is 1.90. The fraction of sp³-hybridized carbons (Fsp3) is 0.0526. The van der Waals surface area contributed by atoms with Crippen molar-refractivity contribution in [3.63, 3.8) is 0 Å². The minimum absolute atomic E-state index is 0.0908. The first-order valence-corrected chi connectivity index (χ1v) is 8.74. The highest BCUT2D eigenvalue weighted by Crippen LogP contribution is 2.24. The van der Waals surface area contributed by atoms with Gasteiger partial charge in [-0.15, -0.1) is 11.3 Å². The number of benzene rings is 2. The molecule has 0 radical (unpaired) electrons. The molecule has 0 saturated carbocycles. The van der Waals surface area contributed by atoms with E-state index in [4.69, 9.17) is 0 Å². The third kappa shape index (κ3) is 3.21.